The van der Waals surface area contributed by atoms with E-state index in [1.54, 1.807) is 11.3 Å². The zero-order valence-electron chi connectivity index (χ0n) is 12.4. The number of rotatable bonds is 6. The molecule has 1 aliphatic rings. The van der Waals surface area contributed by atoms with Gasteiger partial charge in [0, 0.05) is 16.3 Å². The molecule has 0 saturated heterocycles. The lowest BCUT2D eigenvalue weighted by Crippen LogP contribution is -2.34. The molecule has 0 radical (unpaired) electrons. The van der Waals surface area contributed by atoms with Gasteiger partial charge in [0.15, 0.2) is 0 Å². The van der Waals surface area contributed by atoms with Crippen LogP contribution in [-0.2, 0) is 0 Å². The van der Waals surface area contributed by atoms with E-state index < -0.39 is 0 Å². The molecule has 0 spiro atoms. The lowest BCUT2D eigenvalue weighted by atomic mass is 9.83. The maximum Gasteiger partial charge on any atom is 0.0931 e. The van der Waals surface area contributed by atoms with Gasteiger partial charge in [-0.3, -0.25) is 0 Å². The van der Waals surface area contributed by atoms with Gasteiger partial charge in [-0.05, 0) is 48.3 Å². The Bertz CT molecular complexity index is 555. The molecule has 0 aromatic carbocycles. The summed E-state index contributed by atoms with van der Waals surface area (Å²) in [5.74, 6) is 0. The zero-order chi connectivity index (χ0) is 14.7. The summed E-state index contributed by atoms with van der Waals surface area (Å²) in [6.45, 7) is 3.46. The Labute approximate surface area is 140 Å². The third kappa shape index (κ3) is 3.53. The van der Waals surface area contributed by atoms with Crippen LogP contribution in [0.1, 0.15) is 54.8 Å². The minimum absolute atomic E-state index is 0.298. The van der Waals surface area contributed by atoms with Crippen molar-refractivity contribution in [3.63, 3.8) is 0 Å². The summed E-state index contributed by atoms with van der Waals surface area (Å²) in [4.78, 5) is 2.71. The largest absolute Gasteiger partial charge is 0.304 e. The molecule has 2 aromatic rings. The van der Waals surface area contributed by atoms with Gasteiger partial charge in [0.1, 0.15) is 0 Å². The molecule has 1 atom stereocenters. The van der Waals surface area contributed by atoms with E-state index >= 15 is 0 Å². The van der Waals surface area contributed by atoms with Gasteiger partial charge >= 0.3 is 0 Å². The van der Waals surface area contributed by atoms with E-state index in [-0.39, 0.29) is 0 Å². The molecular weight excluding hydrogens is 318 g/mol. The molecule has 0 amide bonds. The SMILES string of the molecule is CCC1(CNC(c2cccs2)c2ccc(Cl)s2)CCCC1. The van der Waals surface area contributed by atoms with Crippen molar-refractivity contribution in [1.82, 2.24) is 5.32 Å². The van der Waals surface area contributed by atoms with Crippen LogP contribution in [0.25, 0.3) is 0 Å². The molecule has 1 saturated carbocycles. The van der Waals surface area contributed by atoms with E-state index in [2.05, 4.69) is 35.8 Å². The number of hydrogen-bond acceptors (Lipinski definition) is 3. The Morgan fingerprint density at radius 2 is 2.05 bits per heavy atom. The molecular formula is C17H22ClNS2. The maximum atomic E-state index is 6.14. The van der Waals surface area contributed by atoms with Gasteiger partial charge < -0.3 is 5.32 Å². The molecule has 1 N–H and O–H groups in total. The van der Waals surface area contributed by atoms with Crippen molar-refractivity contribution in [2.45, 2.75) is 45.1 Å². The van der Waals surface area contributed by atoms with Gasteiger partial charge in [0.05, 0.1) is 10.4 Å². The van der Waals surface area contributed by atoms with Crippen LogP contribution in [0.2, 0.25) is 4.34 Å². The van der Waals surface area contributed by atoms with E-state index in [0.717, 1.165) is 10.9 Å². The summed E-state index contributed by atoms with van der Waals surface area (Å²) in [5.41, 5.74) is 0.510. The van der Waals surface area contributed by atoms with Crippen molar-refractivity contribution in [2.24, 2.45) is 5.41 Å². The predicted molar refractivity (Wildman–Crippen MR) is 94.7 cm³/mol. The lowest BCUT2D eigenvalue weighted by molar-refractivity contribution is 0.262. The van der Waals surface area contributed by atoms with Crippen LogP contribution in [-0.4, -0.2) is 6.54 Å². The topological polar surface area (TPSA) is 12.0 Å². The van der Waals surface area contributed by atoms with E-state index in [4.69, 9.17) is 11.6 Å². The van der Waals surface area contributed by atoms with Crippen molar-refractivity contribution in [1.29, 1.82) is 0 Å². The average molecular weight is 340 g/mol. The Kier molecular flexibility index (Phi) is 5.05. The second kappa shape index (κ2) is 6.82. The molecule has 0 aliphatic heterocycles. The minimum atomic E-state index is 0.298. The molecule has 1 unspecified atom stereocenters. The summed E-state index contributed by atoms with van der Waals surface area (Å²) >= 11 is 9.66. The van der Waals surface area contributed by atoms with Crippen LogP contribution < -0.4 is 5.32 Å². The van der Waals surface area contributed by atoms with Gasteiger partial charge in [-0.25, -0.2) is 0 Å². The fraction of sp³-hybridized carbons (Fsp3) is 0.529. The van der Waals surface area contributed by atoms with Gasteiger partial charge in [0.2, 0.25) is 0 Å². The Hall–Kier alpha value is -0.350. The molecule has 0 bridgehead atoms. The Morgan fingerprint density at radius 1 is 1.24 bits per heavy atom. The highest BCUT2D eigenvalue weighted by atomic mass is 35.5. The highest BCUT2D eigenvalue weighted by molar-refractivity contribution is 7.16. The van der Waals surface area contributed by atoms with E-state index in [9.17, 15) is 0 Å². The monoisotopic (exact) mass is 339 g/mol. The summed E-state index contributed by atoms with van der Waals surface area (Å²) in [6.07, 6.45) is 6.81. The van der Waals surface area contributed by atoms with Crippen LogP contribution in [0, 0.1) is 5.41 Å². The van der Waals surface area contributed by atoms with Crippen LogP contribution in [0.3, 0.4) is 0 Å². The molecule has 2 heterocycles. The highest BCUT2D eigenvalue weighted by Crippen LogP contribution is 2.41. The summed E-state index contributed by atoms with van der Waals surface area (Å²) in [6, 6.07) is 8.83. The first-order chi connectivity index (χ1) is 10.2. The molecule has 1 fully saturated rings. The number of halogens is 1. The quantitative estimate of drug-likeness (QED) is 0.669. The van der Waals surface area contributed by atoms with E-state index in [1.165, 1.54) is 41.9 Å². The maximum absolute atomic E-state index is 6.14. The third-order valence-corrected chi connectivity index (χ3v) is 7.03. The fourth-order valence-corrected chi connectivity index (χ4v) is 5.43. The summed E-state index contributed by atoms with van der Waals surface area (Å²) < 4.78 is 0.874. The van der Waals surface area contributed by atoms with E-state index in [0.29, 0.717) is 11.5 Å². The number of nitrogens with one attached hydrogen (secondary N) is 1. The first-order valence-electron chi connectivity index (χ1n) is 7.74. The fourth-order valence-electron chi connectivity index (χ4n) is 3.38. The number of thiophene rings is 2. The Morgan fingerprint density at radius 3 is 2.62 bits per heavy atom. The Balaban J connectivity index is 1.77. The highest BCUT2D eigenvalue weighted by Gasteiger charge is 2.32. The zero-order valence-corrected chi connectivity index (χ0v) is 14.8. The number of hydrogen-bond donors (Lipinski definition) is 1. The van der Waals surface area contributed by atoms with Gasteiger partial charge in [0.25, 0.3) is 0 Å². The van der Waals surface area contributed by atoms with Crippen molar-refractivity contribution in [3.05, 3.63) is 43.7 Å². The van der Waals surface area contributed by atoms with Gasteiger partial charge in [-0.15, -0.1) is 22.7 Å². The molecule has 1 nitrogen and oxygen atoms in total. The summed E-state index contributed by atoms with van der Waals surface area (Å²) in [5, 5.41) is 6.00. The van der Waals surface area contributed by atoms with Gasteiger partial charge in [-0.2, -0.15) is 0 Å². The lowest BCUT2D eigenvalue weighted by Gasteiger charge is -2.30. The molecule has 3 rings (SSSR count). The molecule has 2 aromatic heterocycles. The first kappa shape index (κ1) is 15.5. The van der Waals surface area contributed by atoms with Crippen molar-refractivity contribution in [2.75, 3.05) is 6.54 Å². The molecule has 1 aliphatic carbocycles. The van der Waals surface area contributed by atoms with Crippen LogP contribution in [0.5, 0.6) is 0 Å². The van der Waals surface area contributed by atoms with Crippen molar-refractivity contribution < 1.29 is 0 Å². The molecule has 114 valence electrons. The molecule has 21 heavy (non-hydrogen) atoms. The predicted octanol–water partition coefficient (Wildman–Crippen LogP) is 6.11. The normalized spacial score (nSPS) is 19.0. The minimum Gasteiger partial charge on any atom is -0.304 e. The van der Waals surface area contributed by atoms with Crippen LogP contribution in [0.4, 0.5) is 0 Å². The van der Waals surface area contributed by atoms with Crippen LogP contribution >= 0.6 is 34.3 Å². The van der Waals surface area contributed by atoms with Gasteiger partial charge in [-0.1, -0.05) is 37.4 Å². The van der Waals surface area contributed by atoms with Crippen LogP contribution in [0.15, 0.2) is 29.6 Å². The van der Waals surface area contributed by atoms with Crippen molar-refractivity contribution >= 4 is 34.3 Å². The second-order valence-electron chi connectivity index (χ2n) is 6.03. The average Bonchev–Trinajstić information content (AvgIpc) is 3.22. The third-order valence-electron chi connectivity index (χ3n) is 4.80. The standard InChI is InChI=1S/C17H22ClNS2/c1-2-17(9-3-4-10-17)12-19-16(13-6-5-11-20-13)14-7-8-15(18)21-14/h5-8,11,16,19H,2-4,9-10,12H2,1H3. The first-order valence-corrected chi connectivity index (χ1v) is 9.82. The smallest absolute Gasteiger partial charge is 0.0931 e. The molecule has 4 heteroatoms. The van der Waals surface area contributed by atoms with E-state index in [1.807, 2.05) is 17.4 Å². The summed E-state index contributed by atoms with van der Waals surface area (Å²) in [7, 11) is 0. The second-order valence-corrected chi connectivity index (χ2v) is 8.76. The van der Waals surface area contributed by atoms with Crippen molar-refractivity contribution in [3.8, 4) is 0 Å².